The molecule has 4 nitrogen and oxygen atoms in total. The number of aliphatic hydroxyl groups excluding tert-OH is 1. The molecule has 1 N–H and O–H groups in total. The summed E-state index contributed by atoms with van der Waals surface area (Å²) in [6.45, 7) is 0.196. The topological polar surface area (TPSA) is 51.6 Å². The van der Waals surface area contributed by atoms with Gasteiger partial charge >= 0.3 is 0 Å². The normalized spacial score (nSPS) is 10.6. The van der Waals surface area contributed by atoms with Gasteiger partial charge in [-0.3, -0.25) is 4.98 Å². The van der Waals surface area contributed by atoms with Gasteiger partial charge in [-0.25, -0.2) is 8.78 Å². The second kappa shape index (κ2) is 7.93. The average molecular weight is 357 g/mol. The van der Waals surface area contributed by atoms with E-state index in [0.29, 0.717) is 29.2 Å². The lowest BCUT2D eigenvalue weighted by Crippen LogP contribution is -1.98. The maximum Gasteiger partial charge on any atom is 0.162 e. The van der Waals surface area contributed by atoms with E-state index in [9.17, 15) is 8.78 Å². The van der Waals surface area contributed by atoms with Crippen molar-refractivity contribution < 1.29 is 23.4 Å². The van der Waals surface area contributed by atoms with E-state index in [1.54, 1.807) is 42.6 Å². The number of methoxy groups -OCH3 is 1. The molecule has 2 aromatic carbocycles. The number of rotatable bonds is 6. The second-order valence-electron chi connectivity index (χ2n) is 5.59. The molecule has 1 heterocycles. The van der Waals surface area contributed by atoms with E-state index < -0.39 is 11.6 Å². The Morgan fingerprint density at radius 1 is 1.00 bits per heavy atom. The van der Waals surface area contributed by atoms with Crippen LogP contribution < -0.4 is 9.47 Å². The Bertz CT molecular complexity index is 898. The molecule has 1 aromatic heterocycles. The standard InChI is InChI=1S/C20H17F2NO3/c1-25-20-10-19(22)18(21)9-17(20)14-2-4-16(5-3-14)26-12-13-6-7-23-15(8-13)11-24/h2-10,24H,11-12H2,1H3. The van der Waals surface area contributed by atoms with E-state index in [2.05, 4.69) is 4.98 Å². The molecule has 3 aromatic rings. The zero-order chi connectivity index (χ0) is 18.5. The Hall–Kier alpha value is -2.99. The molecular formula is C20H17F2NO3. The molecule has 0 spiro atoms. The van der Waals surface area contributed by atoms with Crippen LogP contribution in [0.5, 0.6) is 11.5 Å². The summed E-state index contributed by atoms with van der Waals surface area (Å²) in [7, 11) is 1.41. The maximum atomic E-state index is 13.6. The number of halogens is 2. The third-order valence-electron chi connectivity index (χ3n) is 3.86. The molecule has 134 valence electrons. The smallest absolute Gasteiger partial charge is 0.162 e. The average Bonchev–Trinajstić information content (AvgIpc) is 2.68. The minimum absolute atomic E-state index is 0.126. The monoisotopic (exact) mass is 357 g/mol. The van der Waals surface area contributed by atoms with Gasteiger partial charge in [-0.15, -0.1) is 0 Å². The predicted molar refractivity (Wildman–Crippen MR) is 92.8 cm³/mol. The molecule has 3 rings (SSSR count). The van der Waals surface area contributed by atoms with Crippen molar-refractivity contribution in [3.8, 4) is 22.6 Å². The number of pyridine rings is 1. The fourth-order valence-corrected chi connectivity index (χ4v) is 2.52. The molecule has 0 fully saturated rings. The number of aliphatic hydroxyl groups is 1. The van der Waals surface area contributed by atoms with Crippen molar-refractivity contribution in [3.05, 3.63) is 77.6 Å². The first-order valence-corrected chi connectivity index (χ1v) is 7.91. The summed E-state index contributed by atoms with van der Waals surface area (Å²) >= 11 is 0. The number of nitrogens with zero attached hydrogens (tertiary/aromatic N) is 1. The molecule has 0 aliphatic heterocycles. The highest BCUT2D eigenvalue weighted by molar-refractivity contribution is 5.71. The van der Waals surface area contributed by atoms with Crippen LogP contribution in [-0.2, 0) is 13.2 Å². The fourth-order valence-electron chi connectivity index (χ4n) is 2.52. The molecule has 26 heavy (non-hydrogen) atoms. The summed E-state index contributed by atoms with van der Waals surface area (Å²) in [6.07, 6.45) is 1.61. The van der Waals surface area contributed by atoms with Crippen molar-refractivity contribution >= 4 is 0 Å². The van der Waals surface area contributed by atoms with Gasteiger partial charge in [-0.1, -0.05) is 12.1 Å². The van der Waals surface area contributed by atoms with Gasteiger partial charge in [0, 0.05) is 17.8 Å². The lowest BCUT2D eigenvalue weighted by Gasteiger charge is -2.11. The van der Waals surface area contributed by atoms with E-state index in [1.807, 2.05) is 0 Å². The van der Waals surface area contributed by atoms with Crippen LogP contribution in [-0.4, -0.2) is 17.2 Å². The van der Waals surface area contributed by atoms with Crippen LogP contribution >= 0.6 is 0 Å². The summed E-state index contributed by atoms with van der Waals surface area (Å²) in [5, 5.41) is 9.10. The first-order chi connectivity index (χ1) is 12.6. The quantitative estimate of drug-likeness (QED) is 0.721. The molecule has 0 bridgehead atoms. The SMILES string of the molecule is COc1cc(F)c(F)cc1-c1ccc(OCc2ccnc(CO)c2)cc1. The fraction of sp³-hybridized carbons (Fsp3) is 0.150. The lowest BCUT2D eigenvalue weighted by molar-refractivity contribution is 0.275. The molecule has 0 amide bonds. The first kappa shape index (κ1) is 17.8. The zero-order valence-corrected chi connectivity index (χ0v) is 14.1. The Morgan fingerprint density at radius 2 is 1.73 bits per heavy atom. The third-order valence-corrected chi connectivity index (χ3v) is 3.86. The Balaban J connectivity index is 1.75. The van der Waals surface area contributed by atoms with Gasteiger partial charge in [0.1, 0.15) is 18.1 Å². The zero-order valence-electron chi connectivity index (χ0n) is 14.1. The van der Waals surface area contributed by atoms with Gasteiger partial charge in [0.2, 0.25) is 0 Å². The minimum atomic E-state index is -0.954. The van der Waals surface area contributed by atoms with Crippen LogP contribution in [0.15, 0.2) is 54.7 Å². The second-order valence-corrected chi connectivity index (χ2v) is 5.59. The number of ether oxygens (including phenoxy) is 2. The van der Waals surface area contributed by atoms with E-state index in [4.69, 9.17) is 14.6 Å². The van der Waals surface area contributed by atoms with Crippen LogP contribution in [0.25, 0.3) is 11.1 Å². The molecule has 0 saturated heterocycles. The largest absolute Gasteiger partial charge is 0.496 e. The van der Waals surface area contributed by atoms with Crippen molar-refractivity contribution in [1.82, 2.24) is 4.98 Å². The third kappa shape index (κ3) is 3.97. The molecular weight excluding hydrogens is 340 g/mol. The van der Waals surface area contributed by atoms with Gasteiger partial charge in [-0.05, 0) is 41.5 Å². The molecule has 0 unspecified atom stereocenters. The van der Waals surface area contributed by atoms with Gasteiger partial charge in [0.25, 0.3) is 0 Å². The van der Waals surface area contributed by atoms with E-state index in [-0.39, 0.29) is 12.4 Å². The Labute approximate surface area is 149 Å². The number of benzene rings is 2. The van der Waals surface area contributed by atoms with Crippen LogP contribution in [0.2, 0.25) is 0 Å². The summed E-state index contributed by atoms with van der Waals surface area (Å²) in [6, 6.07) is 12.7. The maximum absolute atomic E-state index is 13.6. The summed E-state index contributed by atoms with van der Waals surface area (Å²) in [5.74, 6) is -1.01. The highest BCUT2D eigenvalue weighted by atomic mass is 19.2. The van der Waals surface area contributed by atoms with Crippen LogP contribution in [0, 0.1) is 11.6 Å². The van der Waals surface area contributed by atoms with Crippen LogP contribution in [0.1, 0.15) is 11.3 Å². The molecule has 6 heteroatoms. The molecule has 0 radical (unpaired) electrons. The van der Waals surface area contributed by atoms with Crippen molar-refractivity contribution in [2.24, 2.45) is 0 Å². The highest BCUT2D eigenvalue weighted by Gasteiger charge is 2.12. The predicted octanol–water partition coefficient (Wildman–Crippen LogP) is 4.11. The number of aromatic nitrogens is 1. The van der Waals surface area contributed by atoms with Gasteiger partial charge in [0.15, 0.2) is 11.6 Å². The van der Waals surface area contributed by atoms with Crippen LogP contribution in [0.4, 0.5) is 8.78 Å². The van der Waals surface area contributed by atoms with Gasteiger partial charge < -0.3 is 14.6 Å². The number of hydrogen-bond donors (Lipinski definition) is 1. The van der Waals surface area contributed by atoms with Gasteiger partial charge in [-0.2, -0.15) is 0 Å². The molecule has 0 aliphatic carbocycles. The van der Waals surface area contributed by atoms with Crippen molar-refractivity contribution in [2.45, 2.75) is 13.2 Å². The Morgan fingerprint density at radius 3 is 2.42 bits per heavy atom. The van der Waals surface area contributed by atoms with Crippen molar-refractivity contribution in [1.29, 1.82) is 0 Å². The van der Waals surface area contributed by atoms with Crippen molar-refractivity contribution in [3.63, 3.8) is 0 Å². The highest BCUT2D eigenvalue weighted by Crippen LogP contribution is 2.33. The first-order valence-electron chi connectivity index (χ1n) is 7.91. The summed E-state index contributed by atoms with van der Waals surface area (Å²) in [5.41, 5.74) is 2.60. The molecule has 0 atom stereocenters. The molecule has 0 saturated carbocycles. The van der Waals surface area contributed by atoms with E-state index >= 15 is 0 Å². The minimum Gasteiger partial charge on any atom is -0.496 e. The van der Waals surface area contributed by atoms with Crippen LogP contribution in [0.3, 0.4) is 0 Å². The van der Waals surface area contributed by atoms with Crippen molar-refractivity contribution in [2.75, 3.05) is 7.11 Å². The molecule has 0 aliphatic rings. The summed E-state index contributed by atoms with van der Waals surface area (Å²) in [4.78, 5) is 4.01. The van der Waals surface area contributed by atoms with E-state index in [1.165, 1.54) is 7.11 Å². The summed E-state index contributed by atoms with van der Waals surface area (Å²) < 4.78 is 37.7. The Kier molecular flexibility index (Phi) is 5.43. The number of hydrogen-bond acceptors (Lipinski definition) is 4. The van der Waals surface area contributed by atoms with Gasteiger partial charge in [0.05, 0.1) is 19.4 Å². The van der Waals surface area contributed by atoms with E-state index in [0.717, 1.165) is 17.7 Å². The lowest BCUT2D eigenvalue weighted by atomic mass is 10.0.